The summed E-state index contributed by atoms with van der Waals surface area (Å²) in [5.41, 5.74) is 1.87. The lowest BCUT2D eigenvalue weighted by Crippen LogP contribution is -2.07. The summed E-state index contributed by atoms with van der Waals surface area (Å²) in [7, 11) is 0. The average Bonchev–Trinajstić information content (AvgIpc) is 2.39. The van der Waals surface area contributed by atoms with Crippen LogP contribution in [0.5, 0.6) is 5.88 Å². The van der Waals surface area contributed by atoms with E-state index in [0.717, 1.165) is 11.1 Å². The molecule has 0 saturated heterocycles. The fourth-order valence-electron chi connectivity index (χ4n) is 1.57. The van der Waals surface area contributed by atoms with Crippen molar-refractivity contribution >= 4 is 5.97 Å². The molecule has 98 valence electrons. The molecular formula is C14H14N2O3. The highest BCUT2D eigenvalue weighted by atomic mass is 16.5. The normalized spacial score (nSPS) is 10.2. The second-order valence-electron chi connectivity index (χ2n) is 4.02. The molecule has 0 spiro atoms. The van der Waals surface area contributed by atoms with E-state index < -0.39 is 5.97 Å². The van der Waals surface area contributed by atoms with Gasteiger partial charge in [0.15, 0.2) is 5.82 Å². The third-order valence-electron chi connectivity index (χ3n) is 2.57. The highest BCUT2D eigenvalue weighted by Gasteiger charge is 2.15. The number of aromatic nitrogens is 2. The minimum Gasteiger partial charge on any atom is -0.493 e. The van der Waals surface area contributed by atoms with Gasteiger partial charge in [-0.05, 0) is 13.8 Å². The van der Waals surface area contributed by atoms with Crippen molar-refractivity contribution in [3.63, 3.8) is 0 Å². The molecule has 0 fully saturated rings. The molecule has 1 N–H and O–H groups in total. The topological polar surface area (TPSA) is 72.3 Å². The van der Waals surface area contributed by atoms with Crippen molar-refractivity contribution in [3.8, 4) is 17.3 Å². The van der Waals surface area contributed by atoms with Gasteiger partial charge in [-0.25, -0.2) is 9.78 Å². The molecule has 0 unspecified atom stereocenters. The number of carbonyl (C=O) groups is 1. The SMILES string of the molecule is CCOC(=O)c1cnc(-c2ccc(C)cc2)nc1O. The summed E-state index contributed by atoms with van der Waals surface area (Å²) >= 11 is 0. The lowest BCUT2D eigenvalue weighted by molar-refractivity contribution is 0.0521. The third kappa shape index (κ3) is 2.88. The van der Waals surface area contributed by atoms with Crippen molar-refractivity contribution in [2.75, 3.05) is 6.61 Å². The summed E-state index contributed by atoms with van der Waals surface area (Å²) in [5.74, 6) is -0.634. The van der Waals surface area contributed by atoms with E-state index in [9.17, 15) is 9.90 Å². The van der Waals surface area contributed by atoms with Crippen molar-refractivity contribution in [1.29, 1.82) is 0 Å². The largest absolute Gasteiger partial charge is 0.493 e. The van der Waals surface area contributed by atoms with E-state index in [-0.39, 0.29) is 18.1 Å². The van der Waals surface area contributed by atoms with Gasteiger partial charge in [0.2, 0.25) is 5.88 Å². The fourth-order valence-corrected chi connectivity index (χ4v) is 1.57. The molecule has 0 aliphatic carbocycles. The molecule has 5 heteroatoms. The Balaban J connectivity index is 2.33. The van der Waals surface area contributed by atoms with Gasteiger partial charge in [-0.3, -0.25) is 0 Å². The molecule has 1 heterocycles. The molecule has 0 aliphatic rings. The van der Waals surface area contributed by atoms with Gasteiger partial charge >= 0.3 is 5.97 Å². The Morgan fingerprint density at radius 1 is 1.32 bits per heavy atom. The number of hydrogen-bond donors (Lipinski definition) is 1. The molecule has 0 saturated carbocycles. The first-order valence-electron chi connectivity index (χ1n) is 5.92. The second-order valence-corrected chi connectivity index (χ2v) is 4.02. The number of aromatic hydroxyl groups is 1. The Morgan fingerprint density at radius 3 is 2.58 bits per heavy atom. The average molecular weight is 258 g/mol. The Bertz CT molecular complexity index is 594. The van der Waals surface area contributed by atoms with Crippen molar-refractivity contribution in [2.24, 2.45) is 0 Å². The van der Waals surface area contributed by atoms with E-state index in [1.54, 1.807) is 6.92 Å². The predicted octanol–water partition coefficient (Wildman–Crippen LogP) is 2.33. The molecule has 0 atom stereocenters. The zero-order chi connectivity index (χ0) is 13.8. The van der Waals surface area contributed by atoms with Crippen LogP contribution < -0.4 is 0 Å². The van der Waals surface area contributed by atoms with E-state index in [1.165, 1.54) is 6.20 Å². The van der Waals surface area contributed by atoms with Gasteiger partial charge < -0.3 is 9.84 Å². The van der Waals surface area contributed by atoms with Crippen LogP contribution in [0.4, 0.5) is 0 Å². The Kier molecular flexibility index (Phi) is 3.75. The van der Waals surface area contributed by atoms with Crippen LogP contribution in [0.25, 0.3) is 11.4 Å². The summed E-state index contributed by atoms with van der Waals surface area (Å²) < 4.78 is 4.79. The van der Waals surface area contributed by atoms with Gasteiger partial charge in [-0.15, -0.1) is 0 Å². The molecule has 1 aromatic carbocycles. The van der Waals surface area contributed by atoms with Crippen LogP contribution in [-0.2, 0) is 4.74 Å². The molecule has 5 nitrogen and oxygen atoms in total. The quantitative estimate of drug-likeness (QED) is 0.855. The highest BCUT2D eigenvalue weighted by Crippen LogP contribution is 2.20. The van der Waals surface area contributed by atoms with E-state index in [4.69, 9.17) is 4.74 Å². The molecule has 0 aliphatic heterocycles. The van der Waals surface area contributed by atoms with Gasteiger partial charge in [-0.2, -0.15) is 4.98 Å². The van der Waals surface area contributed by atoms with Gasteiger partial charge in [0.1, 0.15) is 5.56 Å². The van der Waals surface area contributed by atoms with E-state index in [0.29, 0.717) is 5.82 Å². The van der Waals surface area contributed by atoms with Gasteiger partial charge in [-0.1, -0.05) is 29.8 Å². The lowest BCUT2D eigenvalue weighted by atomic mass is 10.1. The zero-order valence-electron chi connectivity index (χ0n) is 10.8. The number of aryl methyl sites for hydroxylation is 1. The van der Waals surface area contributed by atoms with Gasteiger partial charge in [0.25, 0.3) is 0 Å². The van der Waals surface area contributed by atoms with Crippen LogP contribution in [0, 0.1) is 6.92 Å². The van der Waals surface area contributed by atoms with Crippen molar-refractivity contribution in [1.82, 2.24) is 9.97 Å². The number of carbonyl (C=O) groups excluding carboxylic acids is 1. The standard InChI is InChI=1S/C14H14N2O3/c1-3-19-14(18)11-8-15-12(16-13(11)17)10-6-4-9(2)5-7-10/h4-8H,3H2,1-2H3,(H,15,16,17). The maximum atomic E-state index is 11.5. The van der Waals surface area contributed by atoms with Crippen LogP contribution in [0.1, 0.15) is 22.8 Å². The molecule has 2 rings (SSSR count). The first-order chi connectivity index (χ1) is 9.11. The first-order valence-corrected chi connectivity index (χ1v) is 5.92. The minimum atomic E-state index is -0.629. The molecular weight excluding hydrogens is 244 g/mol. The van der Waals surface area contributed by atoms with Crippen molar-refractivity contribution in [2.45, 2.75) is 13.8 Å². The fraction of sp³-hybridized carbons (Fsp3) is 0.214. The number of benzene rings is 1. The molecule has 0 bridgehead atoms. The summed E-state index contributed by atoms with van der Waals surface area (Å²) in [6.07, 6.45) is 1.27. The van der Waals surface area contributed by atoms with Crippen molar-refractivity contribution < 1.29 is 14.6 Å². The molecule has 1 aromatic heterocycles. The minimum absolute atomic E-state index is 0.0299. The van der Waals surface area contributed by atoms with Crippen LogP contribution in [0.15, 0.2) is 30.5 Å². The summed E-state index contributed by atoms with van der Waals surface area (Å²) in [5, 5.41) is 9.75. The zero-order valence-corrected chi connectivity index (χ0v) is 10.8. The monoisotopic (exact) mass is 258 g/mol. The van der Waals surface area contributed by atoms with Gasteiger partial charge in [0, 0.05) is 11.8 Å². The van der Waals surface area contributed by atoms with Gasteiger partial charge in [0.05, 0.1) is 6.61 Å². The third-order valence-corrected chi connectivity index (χ3v) is 2.57. The lowest BCUT2D eigenvalue weighted by Gasteiger charge is -2.05. The van der Waals surface area contributed by atoms with Crippen LogP contribution >= 0.6 is 0 Å². The Hall–Kier alpha value is -2.43. The van der Waals surface area contributed by atoms with Crippen LogP contribution in [0.2, 0.25) is 0 Å². The van der Waals surface area contributed by atoms with E-state index in [2.05, 4.69) is 9.97 Å². The van der Waals surface area contributed by atoms with Crippen LogP contribution in [-0.4, -0.2) is 27.7 Å². The maximum absolute atomic E-state index is 11.5. The van der Waals surface area contributed by atoms with Crippen LogP contribution in [0.3, 0.4) is 0 Å². The second kappa shape index (κ2) is 5.48. The smallest absolute Gasteiger partial charge is 0.345 e. The Labute approximate surface area is 110 Å². The summed E-state index contributed by atoms with van der Waals surface area (Å²) in [6, 6.07) is 7.56. The number of esters is 1. The maximum Gasteiger partial charge on any atom is 0.345 e. The Morgan fingerprint density at radius 2 is 2.00 bits per heavy atom. The molecule has 2 aromatic rings. The number of ether oxygens (including phenoxy) is 1. The molecule has 0 amide bonds. The predicted molar refractivity (Wildman–Crippen MR) is 69.8 cm³/mol. The summed E-state index contributed by atoms with van der Waals surface area (Å²) in [6.45, 7) is 3.90. The molecule has 19 heavy (non-hydrogen) atoms. The van der Waals surface area contributed by atoms with Crippen molar-refractivity contribution in [3.05, 3.63) is 41.6 Å². The molecule has 0 radical (unpaired) electrons. The highest BCUT2D eigenvalue weighted by molar-refractivity contribution is 5.91. The van der Waals surface area contributed by atoms with E-state index >= 15 is 0 Å². The first kappa shape index (κ1) is 13.0. The number of rotatable bonds is 3. The number of nitrogens with zero attached hydrogens (tertiary/aromatic N) is 2. The number of hydrogen-bond acceptors (Lipinski definition) is 5. The summed E-state index contributed by atoms with van der Waals surface area (Å²) in [4.78, 5) is 19.5. The van der Waals surface area contributed by atoms with E-state index in [1.807, 2.05) is 31.2 Å².